The Morgan fingerprint density at radius 1 is 1.22 bits per heavy atom. The lowest BCUT2D eigenvalue weighted by Crippen LogP contribution is -1.79. The Labute approximate surface area is 109 Å². The topological polar surface area (TPSA) is 37.9 Å². The second-order valence-electron chi connectivity index (χ2n) is 4.41. The standard InChI is InChI=1S/C14H14N2OS/c1-8-4-9(2)13-11(5-8)15-14(16-13)12-6-10(17-3)7-18-12/h4-7H,1-3H3,(H,15,16). The van der Waals surface area contributed by atoms with Crippen LogP contribution in [0.3, 0.4) is 0 Å². The zero-order valence-electron chi connectivity index (χ0n) is 10.6. The van der Waals surface area contributed by atoms with E-state index in [4.69, 9.17) is 4.74 Å². The molecule has 0 saturated carbocycles. The first kappa shape index (κ1) is 11.3. The molecule has 3 rings (SSSR count). The van der Waals surface area contributed by atoms with E-state index < -0.39 is 0 Å². The third-order valence-electron chi connectivity index (χ3n) is 2.97. The zero-order valence-corrected chi connectivity index (χ0v) is 11.4. The molecule has 0 amide bonds. The summed E-state index contributed by atoms with van der Waals surface area (Å²) in [5.41, 5.74) is 4.59. The van der Waals surface area contributed by atoms with E-state index in [9.17, 15) is 0 Å². The number of rotatable bonds is 2. The van der Waals surface area contributed by atoms with Gasteiger partial charge in [-0.05, 0) is 31.0 Å². The number of hydrogen-bond donors (Lipinski definition) is 1. The van der Waals surface area contributed by atoms with Crippen LogP contribution in [0.5, 0.6) is 5.75 Å². The van der Waals surface area contributed by atoms with Crippen LogP contribution in [0, 0.1) is 13.8 Å². The Morgan fingerprint density at radius 3 is 2.78 bits per heavy atom. The maximum Gasteiger partial charge on any atom is 0.148 e. The number of thiophene rings is 1. The summed E-state index contributed by atoms with van der Waals surface area (Å²) in [6.45, 7) is 4.19. The first-order valence-corrected chi connectivity index (χ1v) is 6.65. The number of aromatic amines is 1. The van der Waals surface area contributed by atoms with E-state index >= 15 is 0 Å². The van der Waals surface area contributed by atoms with Crippen molar-refractivity contribution in [3.05, 3.63) is 34.7 Å². The van der Waals surface area contributed by atoms with Gasteiger partial charge in [0.1, 0.15) is 11.6 Å². The number of nitrogens with zero attached hydrogens (tertiary/aromatic N) is 1. The highest BCUT2D eigenvalue weighted by molar-refractivity contribution is 7.13. The van der Waals surface area contributed by atoms with Gasteiger partial charge < -0.3 is 9.72 Å². The fraction of sp³-hybridized carbons (Fsp3) is 0.214. The SMILES string of the molecule is COc1csc(-c2nc3c(C)cc(C)cc3[nH]2)c1. The van der Waals surface area contributed by atoms with Gasteiger partial charge in [0.15, 0.2) is 0 Å². The number of methoxy groups -OCH3 is 1. The number of aromatic nitrogens is 2. The van der Waals surface area contributed by atoms with Crippen molar-refractivity contribution in [2.75, 3.05) is 7.11 Å². The van der Waals surface area contributed by atoms with Gasteiger partial charge in [-0.3, -0.25) is 0 Å². The maximum absolute atomic E-state index is 5.20. The van der Waals surface area contributed by atoms with Gasteiger partial charge in [-0.15, -0.1) is 11.3 Å². The fourth-order valence-electron chi connectivity index (χ4n) is 2.14. The Hall–Kier alpha value is -1.81. The molecule has 0 unspecified atom stereocenters. The molecule has 0 spiro atoms. The van der Waals surface area contributed by atoms with Gasteiger partial charge in [0.05, 0.1) is 23.0 Å². The van der Waals surface area contributed by atoms with Gasteiger partial charge in [0, 0.05) is 11.4 Å². The van der Waals surface area contributed by atoms with Crippen LogP contribution in [0.2, 0.25) is 0 Å². The zero-order chi connectivity index (χ0) is 12.7. The van der Waals surface area contributed by atoms with Crippen molar-refractivity contribution < 1.29 is 4.74 Å². The van der Waals surface area contributed by atoms with Gasteiger partial charge >= 0.3 is 0 Å². The predicted octanol–water partition coefficient (Wildman–Crippen LogP) is 3.92. The summed E-state index contributed by atoms with van der Waals surface area (Å²) < 4.78 is 5.20. The highest BCUT2D eigenvalue weighted by Crippen LogP contribution is 2.31. The molecule has 4 heteroatoms. The summed E-state index contributed by atoms with van der Waals surface area (Å²) in [5.74, 6) is 1.79. The lowest BCUT2D eigenvalue weighted by molar-refractivity contribution is 0.417. The molecule has 0 aliphatic rings. The molecule has 0 aliphatic carbocycles. The van der Waals surface area contributed by atoms with E-state index in [1.807, 2.05) is 11.4 Å². The van der Waals surface area contributed by atoms with E-state index in [1.54, 1.807) is 18.4 Å². The van der Waals surface area contributed by atoms with Crippen LogP contribution in [0.1, 0.15) is 11.1 Å². The smallest absolute Gasteiger partial charge is 0.148 e. The van der Waals surface area contributed by atoms with Crippen molar-refractivity contribution >= 4 is 22.4 Å². The molecule has 92 valence electrons. The van der Waals surface area contributed by atoms with E-state index in [1.165, 1.54) is 11.1 Å². The Kier molecular flexibility index (Phi) is 2.59. The van der Waals surface area contributed by atoms with Crippen molar-refractivity contribution in [2.24, 2.45) is 0 Å². The van der Waals surface area contributed by atoms with Crippen molar-refractivity contribution in [3.63, 3.8) is 0 Å². The molecule has 1 aromatic carbocycles. The van der Waals surface area contributed by atoms with Gasteiger partial charge in [-0.1, -0.05) is 6.07 Å². The van der Waals surface area contributed by atoms with Crippen molar-refractivity contribution in [1.82, 2.24) is 9.97 Å². The van der Waals surface area contributed by atoms with Crippen LogP contribution in [-0.2, 0) is 0 Å². The molecule has 0 bridgehead atoms. The number of ether oxygens (including phenoxy) is 1. The number of fused-ring (bicyclic) bond motifs is 1. The van der Waals surface area contributed by atoms with Gasteiger partial charge in [0.2, 0.25) is 0 Å². The van der Waals surface area contributed by atoms with Crippen LogP contribution in [0.4, 0.5) is 0 Å². The number of H-pyrrole nitrogens is 1. The van der Waals surface area contributed by atoms with Crippen LogP contribution in [-0.4, -0.2) is 17.1 Å². The summed E-state index contributed by atoms with van der Waals surface area (Å²) in [7, 11) is 1.68. The average molecular weight is 258 g/mol. The second-order valence-corrected chi connectivity index (χ2v) is 5.33. The summed E-state index contributed by atoms with van der Waals surface area (Å²) in [6.07, 6.45) is 0. The maximum atomic E-state index is 5.20. The third-order valence-corrected chi connectivity index (χ3v) is 3.88. The molecule has 0 atom stereocenters. The molecule has 2 heterocycles. The minimum atomic E-state index is 0.878. The molecule has 1 N–H and O–H groups in total. The molecule has 0 radical (unpaired) electrons. The largest absolute Gasteiger partial charge is 0.496 e. The lowest BCUT2D eigenvalue weighted by atomic mass is 10.1. The van der Waals surface area contributed by atoms with E-state index in [0.29, 0.717) is 0 Å². The Morgan fingerprint density at radius 2 is 2.06 bits per heavy atom. The highest BCUT2D eigenvalue weighted by Gasteiger charge is 2.10. The monoisotopic (exact) mass is 258 g/mol. The van der Waals surface area contributed by atoms with Crippen molar-refractivity contribution in [3.8, 4) is 16.5 Å². The first-order chi connectivity index (χ1) is 8.67. The number of hydrogen-bond acceptors (Lipinski definition) is 3. The quantitative estimate of drug-likeness (QED) is 0.756. The Bertz CT molecular complexity index is 712. The average Bonchev–Trinajstić information content (AvgIpc) is 2.93. The molecule has 3 nitrogen and oxygen atoms in total. The molecular formula is C14H14N2OS. The van der Waals surface area contributed by atoms with E-state index in [-0.39, 0.29) is 0 Å². The van der Waals surface area contributed by atoms with Crippen LogP contribution in [0.25, 0.3) is 21.7 Å². The number of benzene rings is 1. The van der Waals surface area contributed by atoms with Crippen molar-refractivity contribution in [2.45, 2.75) is 13.8 Å². The minimum Gasteiger partial charge on any atom is -0.496 e. The van der Waals surface area contributed by atoms with Gasteiger partial charge in [-0.2, -0.15) is 0 Å². The molecule has 3 aromatic rings. The first-order valence-electron chi connectivity index (χ1n) is 5.77. The van der Waals surface area contributed by atoms with Crippen LogP contribution in [0.15, 0.2) is 23.6 Å². The third kappa shape index (κ3) is 1.78. The lowest BCUT2D eigenvalue weighted by Gasteiger charge is -1.96. The van der Waals surface area contributed by atoms with Gasteiger partial charge in [-0.25, -0.2) is 4.98 Å². The molecule has 0 aliphatic heterocycles. The molecule has 2 aromatic heterocycles. The normalized spacial score (nSPS) is 11.1. The molecule has 0 saturated heterocycles. The summed E-state index contributed by atoms with van der Waals surface area (Å²) in [4.78, 5) is 9.14. The number of imidazole rings is 1. The van der Waals surface area contributed by atoms with Gasteiger partial charge in [0.25, 0.3) is 0 Å². The van der Waals surface area contributed by atoms with E-state index in [2.05, 4.69) is 35.9 Å². The van der Waals surface area contributed by atoms with Crippen LogP contribution >= 0.6 is 11.3 Å². The fourth-order valence-corrected chi connectivity index (χ4v) is 2.94. The highest BCUT2D eigenvalue weighted by atomic mass is 32.1. The second kappa shape index (κ2) is 4.14. The number of aryl methyl sites for hydroxylation is 2. The molecular weight excluding hydrogens is 244 g/mol. The molecule has 0 fully saturated rings. The minimum absolute atomic E-state index is 0.878. The van der Waals surface area contributed by atoms with Crippen molar-refractivity contribution in [1.29, 1.82) is 0 Å². The summed E-state index contributed by atoms with van der Waals surface area (Å²) >= 11 is 1.63. The van der Waals surface area contributed by atoms with Crippen LogP contribution < -0.4 is 4.74 Å². The summed E-state index contributed by atoms with van der Waals surface area (Å²) in [5, 5.41) is 1.99. The van der Waals surface area contributed by atoms with E-state index in [0.717, 1.165) is 27.5 Å². The summed E-state index contributed by atoms with van der Waals surface area (Å²) in [6, 6.07) is 6.29. The Balaban J connectivity index is 2.16. The number of nitrogens with one attached hydrogen (secondary N) is 1. The molecule has 18 heavy (non-hydrogen) atoms. The predicted molar refractivity (Wildman–Crippen MR) is 75.4 cm³/mol.